The van der Waals surface area contributed by atoms with Gasteiger partial charge in [0.25, 0.3) is 5.91 Å². The number of carbonyl (C=O) groups is 1. The first-order chi connectivity index (χ1) is 17.0. The zero-order chi connectivity index (χ0) is 24.4. The number of nitrogens with one attached hydrogen (secondary N) is 1. The summed E-state index contributed by atoms with van der Waals surface area (Å²) in [6.45, 7) is 5.67. The molecule has 6 heteroatoms. The number of aromatic hydroxyl groups is 1. The average Bonchev–Trinajstić information content (AvgIpc) is 2.88. The van der Waals surface area contributed by atoms with E-state index in [-0.39, 0.29) is 23.0 Å². The Morgan fingerprint density at radius 3 is 2.37 bits per heavy atom. The maximum atomic E-state index is 13.3. The molecule has 1 heterocycles. The maximum Gasteiger partial charge on any atom is 0.259 e. The van der Waals surface area contributed by atoms with Gasteiger partial charge in [0.05, 0.1) is 5.56 Å². The lowest BCUT2D eigenvalue weighted by Gasteiger charge is -2.36. The van der Waals surface area contributed by atoms with Crippen LogP contribution < -0.4 is 10.2 Å². The molecule has 0 spiro atoms. The molecule has 0 aromatic heterocycles. The molecule has 5 nitrogen and oxygen atoms in total. The molecule has 0 bridgehead atoms. The van der Waals surface area contributed by atoms with E-state index in [0.29, 0.717) is 6.54 Å². The monoisotopic (exact) mass is 469 g/mol. The van der Waals surface area contributed by atoms with Gasteiger partial charge in [0.15, 0.2) is 0 Å². The van der Waals surface area contributed by atoms with E-state index < -0.39 is 0 Å². The van der Waals surface area contributed by atoms with Crippen molar-refractivity contribution in [2.45, 2.75) is 13.5 Å². The molecule has 1 fully saturated rings. The maximum absolute atomic E-state index is 13.3. The number of aryl methyl sites for hydroxylation is 1. The molecule has 1 saturated heterocycles. The lowest BCUT2D eigenvalue weighted by Crippen LogP contribution is -2.46. The molecule has 0 aliphatic carbocycles. The highest BCUT2D eigenvalue weighted by atomic mass is 19.1. The van der Waals surface area contributed by atoms with Gasteiger partial charge in [0.1, 0.15) is 11.6 Å². The van der Waals surface area contributed by atoms with Gasteiger partial charge in [-0.3, -0.25) is 9.69 Å². The molecule has 35 heavy (non-hydrogen) atoms. The Labute approximate surface area is 204 Å². The van der Waals surface area contributed by atoms with E-state index in [9.17, 15) is 14.3 Å². The van der Waals surface area contributed by atoms with Crippen LogP contribution in [0.25, 0.3) is 10.8 Å². The Morgan fingerprint density at radius 2 is 1.63 bits per heavy atom. The van der Waals surface area contributed by atoms with Crippen molar-refractivity contribution in [2.24, 2.45) is 0 Å². The third-order valence-corrected chi connectivity index (χ3v) is 6.71. The Hall–Kier alpha value is -3.90. The minimum Gasteiger partial charge on any atom is -0.507 e. The second kappa shape index (κ2) is 9.76. The van der Waals surface area contributed by atoms with Crippen LogP contribution in [0.4, 0.5) is 15.8 Å². The first-order valence-corrected chi connectivity index (χ1v) is 11.8. The molecule has 178 valence electrons. The molecule has 2 N–H and O–H groups in total. The molecule has 0 atom stereocenters. The van der Waals surface area contributed by atoms with Gasteiger partial charge in [-0.25, -0.2) is 4.39 Å². The van der Waals surface area contributed by atoms with Crippen LogP contribution >= 0.6 is 0 Å². The third-order valence-electron chi connectivity index (χ3n) is 6.71. The summed E-state index contributed by atoms with van der Waals surface area (Å²) in [7, 11) is 0. The predicted molar refractivity (Wildman–Crippen MR) is 139 cm³/mol. The quantitative estimate of drug-likeness (QED) is 0.401. The van der Waals surface area contributed by atoms with Crippen molar-refractivity contribution < 1.29 is 14.3 Å². The number of anilines is 2. The van der Waals surface area contributed by atoms with Gasteiger partial charge in [-0.15, -0.1) is 0 Å². The number of halogens is 1. The summed E-state index contributed by atoms with van der Waals surface area (Å²) in [5, 5.41) is 16.1. The molecule has 4 aromatic rings. The number of carbonyl (C=O) groups excluding carboxylic acids is 1. The van der Waals surface area contributed by atoms with Gasteiger partial charge < -0.3 is 15.3 Å². The molecule has 1 amide bonds. The molecule has 0 radical (unpaired) electrons. The Kier molecular flexibility index (Phi) is 6.38. The summed E-state index contributed by atoms with van der Waals surface area (Å²) in [4.78, 5) is 17.7. The van der Waals surface area contributed by atoms with Crippen molar-refractivity contribution in [1.29, 1.82) is 0 Å². The molecule has 1 aliphatic heterocycles. The fourth-order valence-corrected chi connectivity index (χ4v) is 4.69. The summed E-state index contributed by atoms with van der Waals surface area (Å²) >= 11 is 0. The van der Waals surface area contributed by atoms with E-state index >= 15 is 0 Å². The minimum absolute atomic E-state index is 0.0238. The van der Waals surface area contributed by atoms with Gasteiger partial charge >= 0.3 is 0 Å². The molecule has 4 aromatic carbocycles. The van der Waals surface area contributed by atoms with E-state index in [1.807, 2.05) is 55.5 Å². The van der Waals surface area contributed by atoms with Gasteiger partial charge in [-0.05, 0) is 59.7 Å². The Bertz CT molecular complexity index is 1360. The highest BCUT2D eigenvalue weighted by molar-refractivity contribution is 6.09. The first-order valence-electron chi connectivity index (χ1n) is 11.8. The number of phenols is 1. The van der Waals surface area contributed by atoms with Crippen LogP contribution in [0.3, 0.4) is 0 Å². The van der Waals surface area contributed by atoms with Gasteiger partial charge in [0.2, 0.25) is 0 Å². The number of nitrogens with zero attached hydrogens (tertiary/aromatic N) is 2. The van der Waals surface area contributed by atoms with Gasteiger partial charge in [-0.1, -0.05) is 42.5 Å². The van der Waals surface area contributed by atoms with Crippen LogP contribution in [0.2, 0.25) is 0 Å². The van der Waals surface area contributed by atoms with E-state index in [4.69, 9.17) is 0 Å². The summed E-state index contributed by atoms with van der Waals surface area (Å²) < 4.78 is 13.3. The summed E-state index contributed by atoms with van der Waals surface area (Å²) in [5.41, 5.74) is 3.72. The molecular formula is C29H28FN3O2. The van der Waals surface area contributed by atoms with Crippen molar-refractivity contribution in [3.05, 3.63) is 101 Å². The lowest BCUT2D eigenvalue weighted by atomic mass is 9.98. The standard InChI is InChI=1S/C29H28FN3O2/c1-20-6-2-5-9-27(20)31-29(35)25-18-21-7-3-4-8-24(21)26(28(25)34)19-32-14-16-33(17-15-32)23-12-10-22(30)11-13-23/h2-13,18,34H,14-17,19H2,1H3,(H,31,35). The number of hydrogen-bond acceptors (Lipinski definition) is 4. The fourth-order valence-electron chi connectivity index (χ4n) is 4.69. The normalized spacial score (nSPS) is 14.3. The predicted octanol–water partition coefficient (Wildman–Crippen LogP) is 5.57. The summed E-state index contributed by atoms with van der Waals surface area (Å²) in [6, 6.07) is 23.8. The number of rotatable bonds is 5. The van der Waals surface area contributed by atoms with Crippen LogP contribution in [0.5, 0.6) is 5.75 Å². The minimum atomic E-state index is -0.329. The second-order valence-corrected chi connectivity index (χ2v) is 8.98. The van der Waals surface area contributed by atoms with Crippen LogP contribution in [0.15, 0.2) is 78.9 Å². The Balaban J connectivity index is 1.39. The number of hydrogen-bond donors (Lipinski definition) is 2. The van der Waals surface area contributed by atoms with E-state index in [1.165, 1.54) is 12.1 Å². The van der Waals surface area contributed by atoms with E-state index in [0.717, 1.165) is 59.5 Å². The largest absolute Gasteiger partial charge is 0.507 e. The summed E-state index contributed by atoms with van der Waals surface area (Å²) in [5.74, 6) is -0.540. The second-order valence-electron chi connectivity index (χ2n) is 8.98. The molecule has 0 unspecified atom stereocenters. The van der Waals surface area contributed by atoms with Crippen LogP contribution in [0, 0.1) is 12.7 Å². The highest BCUT2D eigenvalue weighted by Crippen LogP contribution is 2.33. The molecule has 1 aliphatic rings. The SMILES string of the molecule is Cc1ccccc1NC(=O)c1cc2ccccc2c(CN2CCN(c3ccc(F)cc3)CC2)c1O. The number of piperazine rings is 1. The Morgan fingerprint density at radius 1 is 0.943 bits per heavy atom. The van der Waals surface area contributed by atoms with E-state index in [1.54, 1.807) is 18.2 Å². The number of fused-ring (bicyclic) bond motifs is 1. The van der Waals surface area contributed by atoms with Crippen molar-refractivity contribution in [1.82, 2.24) is 4.90 Å². The number of amides is 1. The smallest absolute Gasteiger partial charge is 0.259 e. The molecular weight excluding hydrogens is 441 g/mol. The zero-order valence-corrected chi connectivity index (χ0v) is 19.7. The first kappa shape index (κ1) is 22.9. The van der Waals surface area contributed by atoms with Crippen molar-refractivity contribution in [3.63, 3.8) is 0 Å². The van der Waals surface area contributed by atoms with Crippen LogP contribution in [0.1, 0.15) is 21.5 Å². The fraction of sp³-hybridized carbons (Fsp3) is 0.207. The topological polar surface area (TPSA) is 55.8 Å². The average molecular weight is 470 g/mol. The lowest BCUT2D eigenvalue weighted by molar-refractivity contribution is 0.102. The zero-order valence-electron chi connectivity index (χ0n) is 19.7. The van der Waals surface area contributed by atoms with Crippen LogP contribution in [-0.2, 0) is 6.54 Å². The van der Waals surface area contributed by atoms with Crippen molar-refractivity contribution >= 4 is 28.1 Å². The van der Waals surface area contributed by atoms with Crippen LogP contribution in [-0.4, -0.2) is 42.1 Å². The molecule has 0 saturated carbocycles. The van der Waals surface area contributed by atoms with E-state index in [2.05, 4.69) is 15.1 Å². The van der Waals surface area contributed by atoms with Gasteiger partial charge in [-0.2, -0.15) is 0 Å². The van der Waals surface area contributed by atoms with Gasteiger partial charge in [0, 0.05) is 49.7 Å². The molecule has 5 rings (SSSR count). The number of phenolic OH excluding ortho intramolecular Hbond substituents is 1. The third kappa shape index (κ3) is 4.84. The van der Waals surface area contributed by atoms with Crippen molar-refractivity contribution in [3.8, 4) is 5.75 Å². The number of benzene rings is 4. The number of para-hydroxylation sites is 1. The highest BCUT2D eigenvalue weighted by Gasteiger charge is 2.23. The van der Waals surface area contributed by atoms with Crippen molar-refractivity contribution in [2.75, 3.05) is 36.4 Å². The summed E-state index contributed by atoms with van der Waals surface area (Å²) in [6.07, 6.45) is 0.